The van der Waals surface area contributed by atoms with Crippen LogP contribution in [0, 0.1) is 6.92 Å². The van der Waals surface area contributed by atoms with Crippen molar-refractivity contribution in [1.82, 2.24) is 0 Å². The molecule has 0 radical (unpaired) electrons. The average molecular weight is 328 g/mol. The molecule has 0 atom stereocenters. The van der Waals surface area contributed by atoms with Crippen LogP contribution in [0.5, 0.6) is 0 Å². The normalized spacial score (nSPS) is 10.3. The number of ketones is 1. The van der Waals surface area contributed by atoms with Crippen LogP contribution in [0.15, 0.2) is 66.7 Å². The molecule has 0 heterocycles. The van der Waals surface area contributed by atoms with E-state index in [0.717, 1.165) is 11.1 Å². The summed E-state index contributed by atoms with van der Waals surface area (Å²) in [6, 6.07) is 19.9. The van der Waals surface area contributed by atoms with Gasteiger partial charge < -0.3 is 0 Å². The van der Waals surface area contributed by atoms with Crippen LogP contribution in [0.25, 0.3) is 11.1 Å². The third-order valence-corrected chi connectivity index (χ3v) is 4.04. The molecular weight excluding hydrogens is 312 g/mol. The predicted octanol–water partition coefficient (Wildman–Crippen LogP) is 4.52. The number of hydrogen-bond acceptors (Lipinski definition) is 3. The minimum absolute atomic E-state index is 0.220. The van der Waals surface area contributed by atoms with Crippen molar-refractivity contribution >= 4 is 18.4 Å². The van der Waals surface area contributed by atoms with Crippen LogP contribution < -0.4 is 0 Å². The average Bonchev–Trinajstić information content (AvgIpc) is 2.67. The van der Waals surface area contributed by atoms with Gasteiger partial charge in [0.1, 0.15) is 12.6 Å². The maximum atomic E-state index is 12.6. The van der Waals surface area contributed by atoms with E-state index in [2.05, 4.69) is 0 Å². The van der Waals surface area contributed by atoms with E-state index in [1.807, 2.05) is 43.3 Å². The highest BCUT2D eigenvalue weighted by atomic mass is 16.1. The number of benzene rings is 3. The summed E-state index contributed by atoms with van der Waals surface area (Å²) in [6.45, 7) is 2.03. The molecule has 3 aromatic carbocycles. The SMILES string of the molecule is Cc1ccc(-c2ccc(C(=O)c3cc(C=O)cc(C=O)c3)cc2)cc1. The molecule has 25 heavy (non-hydrogen) atoms. The van der Waals surface area contributed by atoms with E-state index in [1.165, 1.54) is 23.8 Å². The number of hydrogen-bond donors (Lipinski definition) is 0. The van der Waals surface area contributed by atoms with Crippen LogP contribution >= 0.6 is 0 Å². The minimum Gasteiger partial charge on any atom is -0.298 e. The predicted molar refractivity (Wildman–Crippen MR) is 97.3 cm³/mol. The van der Waals surface area contributed by atoms with Crippen molar-refractivity contribution in [3.05, 3.63) is 94.5 Å². The molecule has 0 spiro atoms. The van der Waals surface area contributed by atoms with E-state index in [0.29, 0.717) is 34.8 Å². The third-order valence-electron chi connectivity index (χ3n) is 4.04. The van der Waals surface area contributed by atoms with E-state index in [4.69, 9.17) is 0 Å². The highest BCUT2D eigenvalue weighted by molar-refractivity contribution is 6.10. The Morgan fingerprint density at radius 1 is 0.680 bits per heavy atom. The smallest absolute Gasteiger partial charge is 0.193 e. The lowest BCUT2D eigenvalue weighted by molar-refractivity contribution is 0.103. The molecule has 0 fully saturated rings. The lowest BCUT2D eigenvalue weighted by Gasteiger charge is -2.06. The summed E-state index contributed by atoms with van der Waals surface area (Å²) >= 11 is 0. The third kappa shape index (κ3) is 3.61. The number of aldehydes is 2. The fourth-order valence-electron chi connectivity index (χ4n) is 2.67. The maximum absolute atomic E-state index is 12.6. The summed E-state index contributed by atoms with van der Waals surface area (Å²) in [7, 11) is 0. The molecule has 0 aliphatic rings. The van der Waals surface area contributed by atoms with Gasteiger partial charge in [-0.05, 0) is 36.2 Å². The van der Waals surface area contributed by atoms with E-state index >= 15 is 0 Å². The second-order valence-electron chi connectivity index (χ2n) is 5.90. The van der Waals surface area contributed by atoms with E-state index < -0.39 is 0 Å². The molecule has 0 bridgehead atoms. The number of rotatable bonds is 5. The summed E-state index contributed by atoms with van der Waals surface area (Å²) in [6.07, 6.45) is 1.26. The Bertz CT molecular complexity index is 910. The molecule has 0 aromatic heterocycles. The zero-order valence-electron chi connectivity index (χ0n) is 13.7. The fraction of sp³-hybridized carbons (Fsp3) is 0.0455. The Labute approximate surface area is 145 Å². The van der Waals surface area contributed by atoms with E-state index in [-0.39, 0.29) is 5.78 Å². The Morgan fingerprint density at radius 3 is 1.64 bits per heavy atom. The molecule has 0 N–H and O–H groups in total. The van der Waals surface area contributed by atoms with Gasteiger partial charge in [0, 0.05) is 22.3 Å². The van der Waals surface area contributed by atoms with Gasteiger partial charge in [0.25, 0.3) is 0 Å². The van der Waals surface area contributed by atoms with Crippen molar-refractivity contribution < 1.29 is 14.4 Å². The zero-order chi connectivity index (χ0) is 17.8. The van der Waals surface area contributed by atoms with Crippen molar-refractivity contribution in [2.75, 3.05) is 0 Å². The molecule has 0 aliphatic carbocycles. The lowest BCUT2D eigenvalue weighted by Crippen LogP contribution is -2.03. The Kier molecular flexibility index (Phi) is 4.66. The Morgan fingerprint density at radius 2 is 1.16 bits per heavy atom. The van der Waals surface area contributed by atoms with Crippen molar-refractivity contribution in [2.45, 2.75) is 6.92 Å². The van der Waals surface area contributed by atoms with Crippen LogP contribution in [0.4, 0.5) is 0 Å². The van der Waals surface area contributed by atoms with Crippen LogP contribution in [0.3, 0.4) is 0 Å². The quantitative estimate of drug-likeness (QED) is 0.511. The summed E-state index contributed by atoms with van der Waals surface area (Å²) in [5, 5.41) is 0. The van der Waals surface area contributed by atoms with Crippen LogP contribution in [-0.4, -0.2) is 18.4 Å². The molecule has 0 saturated heterocycles. The van der Waals surface area contributed by atoms with Gasteiger partial charge in [-0.1, -0.05) is 54.1 Å². The van der Waals surface area contributed by atoms with Gasteiger partial charge in [-0.25, -0.2) is 0 Å². The monoisotopic (exact) mass is 328 g/mol. The van der Waals surface area contributed by atoms with Gasteiger partial charge in [0.2, 0.25) is 0 Å². The van der Waals surface area contributed by atoms with Gasteiger partial charge in [-0.2, -0.15) is 0 Å². The topological polar surface area (TPSA) is 51.2 Å². The number of carbonyl (C=O) groups is 3. The van der Waals surface area contributed by atoms with Crippen LogP contribution in [0.2, 0.25) is 0 Å². The fourth-order valence-corrected chi connectivity index (χ4v) is 2.67. The largest absolute Gasteiger partial charge is 0.298 e. The van der Waals surface area contributed by atoms with E-state index in [9.17, 15) is 14.4 Å². The Hall–Kier alpha value is -3.33. The van der Waals surface area contributed by atoms with Gasteiger partial charge >= 0.3 is 0 Å². The molecule has 0 unspecified atom stereocenters. The molecule has 3 nitrogen and oxygen atoms in total. The lowest BCUT2D eigenvalue weighted by atomic mass is 9.97. The molecule has 122 valence electrons. The van der Waals surface area contributed by atoms with Crippen LogP contribution in [0.1, 0.15) is 42.2 Å². The first kappa shape index (κ1) is 16.5. The van der Waals surface area contributed by atoms with Gasteiger partial charge in [-0.15, -0.1) is 0 Å². The first-order chi connectivity index (χ1) is 12.1. The molecule has 3 heteroatoms. The zero-order valence-corrected chi connectivity index (χ0v) is 13.7. The van der Waals surface area contributed by atoms with Crippen molar-refractivity contribution in [1.29, 1.82) is 0 Å². The summed E-state index contributed by atoms with van der Waals surface area (Å²) in [4.78, 5) is 34.6. The minimum atomic E-state index is -0.220. The van der Waals surface area contributed by atoms with Crippen molar-refractivity contribution in [2.24, 2.45) is 0 Å². The molecule has 0 amide bonds. The van der Waals surface area contributed by atoms with E-state index in [1.54, 1.807) is 12.1 Å². The first-order valence-electron chi connectivity index (χ1n) is 7.88. The highest BCUT2D eigenvalue weighted by Crippen LogP contribution is 2.21. The van der Waals surface area contributed by atoms with Gasteiger partial charge in [0.15, 0.2) is 5.78 Å². The van der Waals surface area contributed by atoms with Crippen molar-refractivity contribution in [3.63, 3.8) is 0 Å². The van der Waals surface area contributed by atoms with Gasteiger partial charge in [-0.3, -0.25) is 14.4 Å². The maximum Gasteiger partial charge on any atom is 0.193 e. The van der Waals surface area contributed by atoms with Gasteiger partial charge in [0.05, 0.1) is 0 Å². The summed E-state index contributed by atoms with van der Waals surface area (Å²) in [5.74, 6) is -0.220. The molecule has 3 rings (SSSR count). The summed E-state index contributed by atoms with van der Waals surface area (Å²) in [5.41, 5.74) is 4.75. The standard InChI is InChI=1S/C22H16O3/c1-15-2-4-18(5-3-15)19-6-8-20(9-7-19)22(25)21-11-16(13-23)10-17(12-21)14-24/h2-14H,1H3. The molecular formula is C22H16O3. The summed E-state index contributed by atoms with van der Waals surface area (Å²) < 4.78 is 0. The number of aryl methyl sites for hydroxylation is 1. The molecule has 3 aromatic rings. The highest BCUT2D eigenvalue weighted by Gasteiger charge is 2.11. The van der Waals surface area contributed by atoms with Crippen molar-refractivity contribution in [3.8, 4) is 11.1 Å². The number of carbonyl (C=O) groups excluding carboxylic acids is 3. The Balaban J connectivity index is 1.92. The molecule has 0 aliphatic heterocycles. The first-order valence-corrected chi connectivity index (χ1v) is 7.88. The second-order valence-corrected chi connectivity index (χ2v) is 5.90. The van der Waals surface area contributed by atoms with Crippen LogP contribution in [-0.2, 0) is 0 Å². The molecule has 0 saturated carbocycles. The second kappa shape index (κ2) is 7.05.